The van der Waals surface area contributed by atoms with Gasteiger partial charge < -0.3 is 24.6 Å². The summed E-state index contributed by atoms with van der Waals surface area (Å²) in [5, 5.41) is 6.38. The minimum atomic E-state index is -0.522. The van der Waals surface area contributed by atoms with Gasteiger partial charge in [-0.3, -0.25) is 10.1 Å². The summed E-state index contributed by atoms with van der Waals surface area (Å²) in [5.41, 5.74) is 4.75. The fourth-order valence-corrected chi connectivity index (χ4v) is 5.74. The highest BCUT2D eigenvalue weighted by Gasteiger charge is 2.23. The van der Waals surface area contributed by atoms with E-state index in [4.69, 9.17) is 9.47 Å². The molecule has 3 aromatic rings. The number of para-hydroxylation sites is 1. The molecule has 0 atom stereocenters. The van der Waals surface area contributed by atoms with E-state index in [1.54, 1.807) is 6.07 Å². The summed E-state index contributed by atoms with van der Waals surface area (Å²) >= 11 is 0. The molecule has 1 heterocycles. The van der Waals surface area contributed by atoms with E-state index in [0.29, 0.717) is 18.5 Å². The van der Waals surface area contributed by atoms with Crippen molar-refractivity contribution >= 4 is 29.3 Å². The second-order valence-electron chi connectivity index (χ2n) is 13.6. The SMILES string of the molecule is Cc1cc(C(=O)OC(C)(C)C)ccc1NCCCCCC(=O)N(C)CCN1CCC(OC(=O)Nc2ccccc2-c2ccccc2)CC1. The number of amides is 2. The number of carbonyl (C=O) groups is 3. The molecule has 0 spiro atoms. The van der Waals surface area contributed by atoms with Gasteiger partial charge in [0, 0.05) is 57.4 Å². The molecule has 1 saturated heterocycles. The number of likely N-dealkylation sites (N-methyl/N-ethyl adjacent to an activating group) is 1. The standard InChI is InChI=1S/C39H52N4O5/c1-29-28-31(37(45)48-39(2,3)4)19-20-34(29)40-23-13-7-10-18-36(44)42(5)26-27-43-24-21-32(22-25-43)47-38(46)41-35-17-12-11-16-33(35)30-14-8-6-9-15-30/h6,8-9,11-12,14-17,19-20,28,32,40H,7,10,13,18,21-27H2,1-5H3,(H,41,46). The molecule has 0 radical (unpaired) electrons. The Morgan fingerprint density at radius 1 is 0.896 bits per heavy atom. The van der Waals surface area contributed by atoms with Crippen LogP contribution in [0.3, 0.4) is 0 Å². The molecule has 1 aliphatic heterocycles. The molecule has 9 heteroatoms. The van der Waals surface area contributed by atoms with Crippen LogP contribution in [0.2, 0.25) is 0 Å². The predicted octanol–water partition coefficient (Wildman–Crippen LogP) is 7.76. The summed E-state index contributed by atoms with van der Waals surface area (Å²) in [6.07, 6.45) is 4.29. The van der Waals surface area contributed by atoms with Gasteiger partial charge in [0.1, 0.15) is 11.7 Å². The summed E-state index contributed by atoms with van der Waals surface area (Å²) in [4.78, 5) is 41.9. The second kappa shape index (κ2) is 17.7. The molecule has 1 fully saturated rings. The van der Waals surface area contributed by atoms with Gasteiger partial charge in [-0.05, 0) is 88.8 Å². The predicted molar refractivity (Wildman–Crippen MR) is 192 cm³/mol. The van der Waals surface area contributed by atoms with Gasteiger partial charge in [0.05, 0.1) is 11.3 Å². The number of esters is 1. The third-order valence-electron chi connectivity index (χ3n) is 8.48. The number of nitrogens with one attached hydrogen (secondary N) is 2. The number of aryl methyl sites for hydroxylation is 1. The van der Waals surface area contributed by atoms with Gasteiger partial charge in [-0.15, -0.1) is 0 Å². The summed E-state index contributed by atoms with van der Waals surface area (Å²) < 4.78 is 11.2. The number of hydrogen-bond donors (Lipinski definition) is 2. The molecule has 3 aromatic carbocycles. The van der Waals surface area contributed by atoms with Crippen molar-refractivity contribution in [1.29, 1.82) is 0 Å². The summed E-state index contributed by atoms with van der Waals surface area (Å²) in [7, 11) is 1.88. The van der Waals surface area contributed by atoms with Crippen molar-refractivity contribution in [1.82, 2.24) is 9.80 Å². The quantitative estimate of drug-likeness (QED) is 0.135. The highest BCUT2D eigenvalue weighted by atomic mass is 16.6. The number of anilines is 2. The second-order valence-corrected chi connectivity index (χ2v) is 13.6. The highest BCUT2D eigenvalue weighted by Crippen LogP contribution is 2.28. The normalized spacial score (nSPS) is 13.9. The maximum atomic E-state index is 12.7. The zero-order valence-corrected chi connectivity index (χ0v) is 29.2. The molecule has 0 aromatic heterocycles. The third-order valence-corrected chi connectivity index (χ3v) is 8.48. The maximum absolute atomic E-state index is 12.7. The Morgan fingerprint density at radius 2 is 1.60 bits per heavy atom. The fourth-order valence-electron chi connectivity index (χ4n) is 5.74. The molecule has 0 unspecified atom stereocenters. The third kappa shape index (κ3) is 11.7. The molecule has 258 valence electrons. The number of benzene rings is 3. The van der Waals surface area contributed by atoms with Crippen molar-refractivity contribution in [2.24, 2.45) is 0 Å². The number of hydrogen-bond acceptors (Lipinski definition) is 7. The first-order valence-corrected chi connectivity index (χ1v) is 17.1. The smallest absolute Gasteiger partial charge is 0.411 e. The average molecular weight is 657 g/mol. The van der Waals surface area contributed by atoms with Crippen LogP contribution < -0.4 is 10.6 Å². The van der Waals surface area contributed by atoms with E-state index in [9.17, 15) is 14.4 Å². The lowest BCUT2D eigenvalue weighted by atomic mass is 10.0. The van der Waals surface area contributed by atoms with Crippen LogP contribution in [0.15, 0.2) is 72.8 Å². The number of nitrogens with zero attached hydrogens (tertiary/aromatic N) is 2. The van der Waals surface area contributed by atoms with Crippen LogP contribution in [0.4, 0.5) is 16.2 Å². The van der Waals surface area contributed by atoms with E-state index in [1.165, 1.54) is 0 Å². The van der Waals surface area contributed by atoms with Gasteiger partial charge in [0.25, 0.3) is 0 Å². The van der Waals surface area contributed by atoms with Crippen molar-refractivity contribution in [2.75, 3.05) is 50.4 Å². The zero-order chi connectivity index (χ0) is 34.5. The number of ether oxygens (including phenoxy) is 2. The Balaban J connectivity index is 1.07. The number of likely N-dealkylation sites (tertiary alicyclic amines) is 1. The van der Waals surface area contributed by atoms with Gasteiger partial charge in [-0.2, -0.15) is 0 Å². The minimum Gasteiger partial charge on any atom is -0.456 e. The molecule has 0 aliphatic carbocycles. The van der Waals surface area contributed by atoms with Gasteiger partial charge >= 0.3 is 12.1 Å². The maximum Gasteiger partial charge on any atom is 0.411 e. The molecule has 2 N–H and O–H groups in total. The van der Waals surface area contributed by atoms with Crippen LogP contribution in [-0.4, -0.2) is 79.2 Å². The first-order valence-electron chi connectivity index (χ1n) is 17.1. The van der Waals surface area contributed by atoms with E-state index < -0.39 is 11.7 Å². The highest BCUT2D eigenvalue weighted by molar-refractivity contribution is 5.92. The summed E-state index contributed by atoms with van der Waals surface area (Å²) in [5.74, 6) is -0.146. The molecule has 2 amide bonds. The number of piperidine rings is 1. The van der Waals surface area contributed by atoms with Gasteiger partial charge in [-0.1, -0.05) is 55.0 Å². The van der Waals surface area contributed by atoms with Crippen molar-refractivity contribution in [2.45, 2.75) is 77.9 Å². The summed E-state index contributed by atoms with van der Waals surface area (Å²) in [6, 6.07) is 23.3. The topological polar surface area (TPSA) is 100 Å². The minimum absolute atomic E-state index is 0.125. The van der Waals surface area contributed by atoms with Crippen LogP contribution in [0.5, 0.6) is 0 Å². The van der Waals surface area contributed by atoms with Crippen molar-refractivity contribution < 1.29 is 23.9 Å². The van der Waals surface area contributed by atoms with Crippen LogP contribution in [0.25, 0.3) is 11.1 Å². The first-order chi connectivity index (χ1) is 23.0. The van der Waals surface area contributed by atoms with Crippen LogP contribution >= 0.6 is 0 Å². The molecule has 48 heavy (non-hydrogen) atoms. The van der Waals surface area contributed by atoms with E-state index >= 15 is 0 Å². The van der Waals surface area contributed by atoms with Crippen LogP contribution in [-0.2, 0) is 14.3 Å². The summed E-state index contributed by atoms with van der Waals surface area (Å²) in [6.45, 7) is 11.5. The lowest BCUT2D eigenvalue weighted by molar-refractivity contribution is -0.130. The molecule has 1 aliphatic rings. The molecule has 4 rings (SSSR count). The van der Waals surface area contributed by atoms with Crippen molar-refractivity contribution in [3.63, 3.8) is 0 Å². The Bertz CT molecular complexity index is 1500. The molecule has 0 saturated carbocycles. The van der Waals surface area contributed by atoms with Crippen molar-refractivity contribution in [3.05, 3.63) is 83.9 Å². The largest absolute Gasteiger partial charge is 0.456 e. The van der Waals surface area contributed by atoms with Crippen molar-refractivity contribution in [3.8, 4) is 11.1 Å². The molecular formula is C39H52N4O5. The van der Waals surface area contributed by atoms with E-state index in [2.05, 4.69) is 15.5 Å². The van der Waals surface area contributed by atoms with E-state index in [1.807, 2.05) is 106 Å². The number of unbranched alkanes of at least 4 members (excludes halogenated alkanes) is 2. The lowest BCUT2D eigenvalue weighted by Crippen LogP contribution is -2.42. The van der Waals surface area contributed by atoms with Crippen LogP contribution in [0.1, 0.15) is 75.2 Å². The van der Waals surface area contributed by atoms with E-state index in [0.717, 1.165) is 86.3 Å². The zero-order valence-electron chi connectivity index (χ0n) is 29.2. The number of rotatable bonds is 14. The monoisotopic (exact) mass is 656 g/mol. The number of carbonyl (C=O) groups excluding carboxylic acids is 3. The van der Waals surface area contributed by atoms with Gasteiger partial charge in [-0.25, -0.2) is 9.59 Å². The Kier molecular flexibility index (Phi) is 13.4. The lowest BCUT2D eigenvalue weighted by Gasteiger charge is -2.32. The van der Waals surface area contributed by atoms with Gasteiger partial charge in [0.2, 0.25) is 5.91 Å². The fraction of sp³-hybridized carbons (Fsp3) is 0.462. The van der Waals surface area contributed by atoms with Gasteiger partial charge in [0.15, 0.2) is 0 Å². The van der Waals surface area contributed by atoms with Crippen LogP contribution in [0, 0.1) is 6.92 Å². The Morgan fingerprint density at radius 3 is 2.31 bits per heavy atom. The molecule has 9 nitrogen and oxygen atoms in total. The van der Waals surface area contributed by atoms with E-state index in [-0.39, 0.29) is 18.0 Å². The average Bonchev–Trinajstić information content (AvgIpc) is 3.06. The molecular weight excluding hydrogens is 604 g/mol. The molecule has 0 bridgehead atoms. The Hall–Kier alpha value is -4.37. The first kappa shape index (κ1) is 36.5. The Labute approximate surface area is 286 Å².